The number of hydrogen-bond acceptors (Lipinski definition) is 6. The molecule has 1 aliphatic heterocycles. The minimum absolute atomic E-state index is 0.0996. The van der Waals surface area contributed by atoms with Crippen LogP contribution in [-0.4, -0.2) is 46.2 Å². The Bertz CT molecular complexity index is 1100. The number of aliphatic carboxylic acids is 1. The number of nitrogens with one attached hydrogen (secondary N) is 1. The van der Waals surface area contributed by atoms with Crippen LogP contribution in [0.15, 0.2) is 47.4 Å². The van der Waals surface area contributed by atoms with E-state index in [-0.39, 0.29) is 10.7 Å². The summed E-state index contributed by atoms with van der Waals surface area (Å²) in [5, 5.41) is 11.3. The molecule has 1 aliphatic rings. The number of nitrogens with zero attached hydrogens (tertiary/aromatic N) is 1. The van der Waals surface area contributed by atoms with Gasteiger partial charge in [0.15, 0.2) is 6.61 Å². The second kappa shape index (κ2) is 9.67. The Hall–Kier alpha value is -3.30. The van der Waals surface area contributed by atoms with Crippen molar-refractivity contribution in [2.45, 2.75) is 6.92 Å². The molecule has 160 valence electrons. The Balaban J connectivity index is 1.71. The molecule has 2 aromatic rings. The number of rotatable bonds is 7. The number of anilines is 1. The molecule has 3 amide bonds. The van der Waals surface area contributed by atoms with Gasteiger partial charge in [-0.2, -0.15) is 0 Å². The smallest absolute Gasteiger partial charge is 0.341 e. The van der Waals surface area contributed by atoms with Gasteiger partial charge in [-0.1, -0.05) is 35.9 Å². The van der Waals surface area contributed by atoms with Crippen LogP contribution in [0.1, 0.15) is 11.1 Å². The predicted molar refractivity (Wildman–Crippen MR) is 117 cm³/mol. The average Bonchev–Trinajstić information content (AvgIpc) is 2.97. The van der Waals surface area contributed by atoms with Crippen molar-refractivity contribution >= 4 is 58.1 Å². The molecule has 0 spiro atoms. The summed E-state index contributed by atoms with van der Waals surface area (Å²) >= 11 is 6.73. The zero-order chi connectivity index (χ0) is 22.5. The Morgan fingerprint density at radius 2 is 1.97 bits per heavy atom. The topological polar surface area (TPSA) is 113 Å². The molecular weight excluding hydrogens is 444 g/mol. The monoisotopic (exact) mass is 460 g/mol. The fraction of sp³-hybridized carbons (Fsp3) is 0.143. The molecule has 0 unspecified atom stereocenters. The SMILES string of the molecule is Cc1ccc(NC(=O)CN2C(=O)S/C(=C/c3ccccc3OCC(=O)O)C2=O)cc1Cl. The summed E-state index contributed by atoms with van der Waals surface area (Å²) in [6.45, 7) is 0.825. The van der Waals surface area contributed by atoms with Crippen LogP contribution in [0.3, 0.4) is 0 Å². The van der Waals surface area contributed by atoms with Gasteiger partial charge in [-0.3, -0.25) is 19.3 Å². The van der Waals surface area contributed by atoms with Crippen molar-refractivity contribution in [3.8, 4) is 5.75 Å². The third kappa shape index (κ3) is 5.65. The van der Waals surface area contributed by atoms with Crippen LogP contribution < -0.4 is 10.1 Å². The summed E-state index contributed by atoms with van der Waals surface area (Å²) in [5.74, 6) is -2.06. The van der Waals surface area contributed by atoms with Crippen molar-refractivity contribution in [1.29, 1.82) is 0 Å². The number of carboxylic acids is 1. The summed E-state index contributed by atoms with van der Waals surface area (Å²) in [4.78, 5) is 48.9. The Labute approximate surface area is 186 Å². The first kappa shape index (κ1) is 22.4. The van der Waals surface area contributed by atoms with Gasteiger partial charge in [0.2, 0.25) is 5.91 Å². The maximum atomic E-state index is 12.7. The van der Waals surface area contributed by atoms with Gasteiger partial charge in [0.1, 0.15) is 12.3 Å². The number of para-hydroxylation sites is 1. The van der Waals surface area contributed by atoms with Crippen LogP contribution in [0.4, 0.5) is 10.5 Å². The lowest BCUT2D eigenvalue weighted by atomic mass is 10.2. The molecule has 10 heteroatoms. The quantitative estimate of drug-likeness (QED) is 0.604. The van der Waals surface area contributed by atoms with Gasteiger partial charge >= 0.3 is 5.97 Å². The van der Waals surface area contributed by atoms with Crippen molar-refractivity contribution in [3.05, 3.63) is 63.5 Å². The molecule has 1 heterocycles. The number of carbonyl (C=O) groups is 4. The first-order valence-electron chi connectivity index (χ1n) is 8.99. The first-order chi connectivity index (χ1) is 14.7. The molecule has 1 saturated heterocycles. The molecule has 0 aliphatic carbocycles. The van der Waals surface area contributed by atoms with E-state index in [1.807, 2.05) is 6.92 Å². The number of ether oxygens (including phenoxy) is 1. The second-order valence-electron chi connectivity index (χ2n) is 6.50. The molecule has 2 aromatic carbocycles. The zero-order valence-electron chi connectivity index (χ0n) is 16.3. The minimum atomic E-state index is -1.14. The van der Waals surface area contributed by atoms with Crippen molar-refractivity contribution in [1.82, 2.24) is 4.90 Å². The third-order valence-electron chi connectivity index (χ3n) is 4.19. The molecule has 0 saturated carbocycles. The number of halogens is 1. The van der Waals surface area contributed by atoms with E-state index in [0.29, 0.717) is 28.0 Å². The highest BCUT2D eigenvalue weighted by atomic mass is 35.5. The number of carbonyl (C=O) groups excluding carboxylic acids is 3. The first-order valence-corrected chi connectivity index (χ1v) is 10.2. The zero-order valence-corrected chi connectivity index (χ0v) is 17.8. The predicted octanol–water partition coefficient (Wildman–Crippen LogP) is 3.79. The van der Waals surface area contributed by atoms with Crippen molar-refractivity contribution in [2.24, 2.45) is 0 Å². The molecule has 0 atom stereocenters. The molecule has 1 fully saturated rings. The molecule has 8 nitrogen and oxygen atoms in total. The van der Waals surface area contributed by atoms with Crippen LogP contribution in [0.25, 0.3) is 6.08 Å². The highest BCUT2D eigenvalue weighted by Crippen LogP contribution is 2.34. The normalized spacial score (nSPS) is 14.8. The summed E-state index contributed by atoms with van der Waals surface area (Å²) in [6, 6.07) is 11.5. The summed E-state index contributed by atoms with van der Waals surface area (Å²) in [7, 11) is 0. The number of imide groups is 1. The lowest BCUT2D eigenvalue weighted by Crippen LogP contribution is -2.36. The lowest BCUT2D eigenvalue weighted by molar-refractivity contribution is -0.139. The summed E-state index contributed by atoms with van der Waals surface area (Å²) < 4.78 is 5.21. The molecular formula is C21H17ClN2O6S. The molecule has 3 rings (SSSR count). The van der Waals surface area contributed by atoms with E-state index in [0.717, 1.165) is 10.5 Å². The van der Waals surface area contributed by atoms with Crippen LogP contribution in [-0.2, 0) is 14.4 Å². The Morgan fingerprint density at radius 1 is 1.23 bits per heavy atom. The standard InChI is InChI=1S/C21H17ClN2O6S/c1-12-6-7-14(9-15(12)22)23-18(25)10-24-20(28)17(31-21(24)29)8-13-4-2-3-5-16(13)30-11-19(26)27/h2-9H,10-11H2,1H3,(H,23,25)(H,26,27)/b17-8+. The maximum Gasteiger partial charge on any atom is 0.341 e. The van der Waals surface area contributed by atoms with Crippen molar-refractivity contribution < 1.29 is 29.0 Å². The van der Waals surface area contributed by atoms with Crippen LogP contribution in [0.5, 0.6) is 5.75 Å². The van der Waals surface area contributed by atoms with Gasteiger partial charge in [0, 0.05) is 16.3 Å². The fourth-order valence-electron chi connectivity index (χ4n) is 2.66. The molecule has 0 radical (unpaired) electrons. The van der Waals surface area contributed by atoms with E-state index in [1.165, 1.54) is 6.08 Å². The van der Waals surface area contributed by atoms with Gasteiger partial charge in [0.05, 0.1) is 4.91 Å². The minimum Gasteiger partial charge on any atom is -0.481 e. The third-order valence-corrected chi connectivity index (χ3v) is 5.50. The van der Waals surface area contributed by atoms with Crippen molar-refractivity contribution in [3.63, 3.8) is 0 Å². The van der Waals surface area contributed by atoms with Crippen LogP contribution in [0.2, 0.25) is 5.02 Å². The number of carboxylic acid groups (broad SMARTS) is 1. The highest BCUT2D eigenvalue weighted by Gasteiger charge is 2.36. The second-order valence-corrected chi connectivity index (χ2v) is 7.90. The molecule has 2 N–H and O–H groups in total. The van der Waals surface area contributed by atoms with E-state index < -0.39 is 36.2 Å². The fourth-order valence-corrected chi connectivity index (χ4v) is 3.67. The summed E-state index contributed by atoms with van der Waals surface area (Å²) in [5.41, 5.74) is 1.74. The van der Waals surface area contributed by atoms with Crippen LogP contribution in [0, 0.1) is 6.92 Å². The maximum absolute atomic E-state index is 12.7. The van der Waals surface area contributed by atoms with E-state index >= 15 is 0 Å². The largest absolute Gasteiger partial charge is 0.481 e. The number of aryl methyl sites for hydroxylation is 1. The molecule has 0 aromatic heterocycles. The van der Waals surface area contributed by atoms with E-state index in [1.54, 1.807) is 42.5 Å². The van der Waals surface area contributed by atoms with Gasteiger partial charge < -0.3 is 15.2 Å². The van der Waals surface area contributed by atoms with Crippen LogP contribution >= 0.6 is 23.4 Å². The highest BCUT2D eigenvalue weighted by molar-refractivity contribution is 8.18. The van der Waals surface area contributed by atoms with E-state index in [4.69, 9.17) is 21.4 Å². The van der Waals surface area contributed by atoms with Gasteiger partial charge in [-0.25, -0.2) is 4.79 Å². The van der Waals surface area contributed by atoms with Gasteiger partial charge in [-0.05, 0) is 48.5 Å². The van der Waals surface area contributed by atoms with E-state index in [9.17, 15) is 19.2 Å². The number of thioether (sulfide) groups is 1. The average molecular weight is 461 g/mol. The lowest BCUT2D eigenvalue weighted by Gasteiger charge is -2.13. The summed E-state index contributed by atoms with van der Waals surface area (Å²) in [6.07, 6.45) is 1.43. The Morgan fingerprint density at radius 3 is 2.68 bits per heavy atom. The van der Waals surface area contributed by atoms with Crippen molar-refractivity contribution in [2.75, 3.05) is 18.5 Å². The molecule has 31 heavy (non-hydrogen) atoms. The van der Waals surface area contributed by atoms with Gasteiger partial charge in [0.25, 0.3) is 11.1 Å². The number of benzene rings is 2. The molecule has 0 bridgehead atoms. The number of amides is 3. The Kier molecular flexibility index (Phi) is 6.98. The van der Waals surface area contributed by atoms with E-state index in [2.05, 4.69) is 5.32 Å². The van der Waals surface area contributed by atoms with Gasteiger partial charge in [-0.15, -0.1) is 0 Å². The number of hydrogen-bond donors (Lipinski definition) is 2.